The van der Waals surface area contributed by atoms with E-state index in [0.29, 0.717) is 12.1 Å². The van der Waals surface area contributed by atoms with Gasteiger partial charge in [0.25, 0.3) is 0 Å². The SMILES string of the molecule is CCN(C)C(=O)C(C)NCc1ccccc1OC(F)(F)F. The number of halogens is 3. The normalized spacial score (nSPS) is 12.9. The Labute approximate surface area is 121 Å². The number of hydrogen-bond donors (Lipinski definition) is 1. The first-order valence-electron chi connectivity index (χ1n) is 6.56. The largest absolute Gasteiger partial charge is 0.573 e. The van der Waals surface area contributed by atoms with Crippen LogP contribution < -0.4 is 10.1 Å². The van der Waals surface area contributed by atoms with E-state index in [2.05, 4.69) is 10.1 Å². The van der Waals surface area contributed by atoms with E-state index in [1.54, 1.807) is 20.0 Å². The highest BCUT2D eigenvalue weighted by Gasteiger charge is 2.32. The molecular weight excluding hydrogens is 285 g/mol. The van der Waals surface area contributed by atoms with Crippen LogP contribution >= 0.6 is 0 Å². The minimum Gasteiger partial charge on any atom is -0.405 e. The van der Waals surface area contributed by atoms with E-state index in [9.17, 15) is 18.0 Å². The quantitative estimate of drug-likeness (QED) is 0.878. The number of nitrogens with one attached hydrogen (secondary N) is 1. The Morgan fingerprint density at radius 1 is 1.38 bits per heavy atom. The molecule has 1 rings (SSSR count). The third-order valence-electron chi connectivity index (χ3n) is 3.02. The highest BCUT2D eigenvalue weighted by atomic mass is 19.4. The number of alkyl halides is 3. The summed E-state index contributed by atoms with van der Waals surface area (Å²) in [5.74, 6) is -0.382. The summed E-state index contributed by atoms with van der Waals surface area (Å²) < 4.78 is 40.8. The van der Waals surface area contributed by atoms with E-state index in [1.165, 1.54) is 23.1 Å². The molecule has 0 aliphatic carbocycles. The number of para-hydroxylation sites is 1. The minimum atomic E-state index is -4.74. The van der Waals surface area contributed by atoms with Gasteiger partial charge in [0.05, 0.1) is 6.04 Å². The van der Waals surface area contributed by atoms with Crippen LogP contribution in [0.4, 0.5) is 13.2 Å². The monoisotopic (exact) mass is 304 g/mol. The number of benzene rings is 1. The van der Waals surface area contributed by atoms with Crippen LogP contribution in [-0.4, -0.2) is 36.8 Å². The van der Waals surface area contributed by atoms with Gasteiger partial charge in [-0.2, -0.15) is 0 Å². The first-order chi connectivity index (χ1) is 9.74. The lowest BCUT2D eigenvalue weighted by Crippen LogP contribution is -2.42. The molecule has 0 aliphatic rings. The van der Waals surface area contributed by atoms with Crippen molar-refractivity contribution in [2.45, 2.75) is 32.8 Å². The highest BCUT2D eigenvalue weighted by molar-refractivity contribution is 5.81. The zero-order valence-corrected chi connectivity index (χ0v) is 12.2. The summed E-state index contributed by atoms with van der Waals surface area (Å²) in [6, 6.07) is 5.35. The van der Waals surface area contributed by atoms with Crippen molar-refractivity contribution >= 4 is 5.91 Å². The predicted octanol–water partition coefficient (Wildman–Crippen LogP) is 2.54. The summed E-state index contributed by atoms with van der Waals surface area (Å²) in [6.45, 7) is 4.19. The van der Waals surface area contributed by atoms with Crippen molar-refractivity contribution in [3.63, 3.8) is 0 Å². The number of rotatable bonds is 6. The highest BCUT2D eigenvalue weighted by Crippen LogP contribution is 2.26. The van der Waals surface area contributed by atoms with Crippen LogP contribution in [0.2, 0.25) is 0 Å². The van der Waals surface area contributed by atoms with E-state index in [4.69, 9.17) is 0 Å². The maximum absolute atomic E-state index is 12.3. The number of ether oxygens (including phenoxy) is 1. The van der Waals surface area contributed by atoms with Gasteiger partial charge in [0.1, 0.15) is 5.75 Å². The summed E-state index contributed by atoms with van der Waals surface area (Å²) in [6.07, 6.45) is -4.74. The van der Waals surface area contributed by atoms with Gasteiger partial charge in [-0.1, -0.05) is 18.2 Å². The summed E-state index contributed by atoms with van der Waals surface area (Å²) in [7, 11) is 1.67. The van der Waals surface area contributed by atoms with Crippen molar-refractivity contribution in [3.8, 4) is 5.75 Å². The molecule has 21 heavy (non-hydrogen) atoms. The average Bonchev–Trinajstić information content (AvgIpc) is 2.42. The molecule has 0 saturated carbocycles. The maximum Gasteiger partial charge on any atom is 0.573 e. The Kier molecular flexibility index (Phi) is 6.02. The Bertz CT molecular complexity index is 478. The number of hydrogen-bond acceptors (Lipinski definition) is 3. The smallest absolute Gasteiger partial charge is 0.405 e. The van der Waals surface area contributed by atoms with Gasteiger partial charge >= 0.3 is 6.36 Å². The standard InChI is InChI=1S/C14H19F3N2O2/c1-4-19(3)13(20)10(2)18-9-11-7-5-6-8-12(11)21-14(15,16)17/h5-8,10,18H,4,9H2,1-3H3. The maximum atomic E-state index is 12.3. The number of likely N-dealkylation sites (N-methyl/N-ethyl adjacent to an activating group) is 1. The lowest BCUT2D eigenvalue weighted by atomic mass is 10.2. The predicted molar refractivity (Wildman–Crippen MR) is 72.7 cm³/mol. The van der Waals surface area contributed by atoms with E-state index >= 15 is 0 Å². The van der Waals surface area contributed by atoms with E-state index in [0.717, 1.165) is 0 Å². The molecule has 0 spiro atoms. The van der Waals surface area contributed by atoms with Crippen molar-refractivity contribution in [1.29, 1.82) is 0 Å². The molecule has 118 valence electrons. The van der Waals surface area contributed by atoms with E-state index in [-0.39, 0.29) is 18.2 Å². The number of nitrogens with zero attached hydrogens (tertiary/aromatic N) is 1. The molecule has 0 radical (unpaired) electrons. The molecular formula is C14H19F3N2O2. The molecule has 1 amide bonds. The minimum absolute atomic E-state index is 0.108. The van der Waals surface area contributed by atoms with Gasteiger partial charge in [-0.05, 0) is 19.9 Å². The molecule has 4 nitrogen and oxygen atoms in total. The first kappa shape index (κ1) is 17.3. The molecule has 1 aromatic rings. The number of carbonyl (C=O) groups is 1. The number of amides is 1. The zero-order chi connectivity index (χ0) is 16.0. The third kappa shape index (κ3) is 5.63. The van der Waals surface area contributed by atoms with Crippen LogP contribution in [0.25, 0.3) is 0 Å². The lowest BCUT2D eigenvalue weighted by molar-refractivity contribution is -0.274. The summed E-state index contributed by atoms with van der Waals surface area (Å²) in [5, 5.41) is 2.90. The van der Waals surface area contributed by atoms with Gasteiger partial charge in [0.15, 0.2) is 0 Å². The van der Waals surface area contributed by atoms with E-state index in [1.807, 2.05) is 6.92 Å². The van der Waals surface area contributed by atoms with Crippen molar-refractivity contribution in [2.24, 2.45) is 0 Å². The van der Waals surface area contributed by atoms with Gasteiger partial charge < -0.3 is 15.0 Å². The molecule has 0 heterocycles. The fraction of sp³-hybridized carbons (Fsp3) is 0.500. The lowest BCUT2D eigenvalue weighted by Gasteiger charge is -2.21. The molecule has 7 heteroatoms. The fourth-order valence-corrected chi connectivity index (χ4v) is 1.71. The second-order valence-electron chi connectivity index (χ2n) is 4.61. The van der Waals surface area contributed by atoms with Crippen LogP contribution in [-0.2, 0) is 11.3 Å². The summed E-state index contributed by atoms with van der Waals surface area (Å²) in [4.78, 5) is 13.4. The van der Waals surface area contributed by atoms with Crippen LogP contribution in [0, 0.1) is 0 Å². The molecule has 0 saturated heterocycles. The van der Waals surface area contributed by atoms with Crippen molar-refractivity contribution in [2.75, 3.05) is 13.6 Å². The Morgan fingerprint density at radius 2 is 2.00 bits per heavy atom. The topological polar surface area (TPSA) is 41.6 Å². The summed E-state index contributed by atoms with van der Waals surface area (Å²) >= 11 is 0. The molecule has 1 atom stereocenters. The van der Waals surface area contributed by atoms with Crippen LogP contribution in [0.3, 0.4) is 0 Å². The molecule has 0 bridgehead atoms. The molecule has 0 fully saturated rings. The average molecular weight is 304 g/mol. The second kappa shape index (κ2) is 7.31. The van der Waals surface area contributed by atoms with E-state index < -0.39 is 12.4 Å². The van der Waals surface area contributed by atoms with Crippen molar-refractivity contribution in [1.82, 2.24) is 10.2 Å². The first-order valence-corrected chi connectivity index (χ1v) is 6.56. The van der Waals surface area contributed by atoms with Crippen LogP contribution in [0.15, 0.2) is 24.3 Å². The van der Waals surface area contributed by atoms with Gasteiger partial charge in [-0.3, -0.25) is 4.79 Å². The molecule has 1 aromatic carbocycles. The van der Waals surface area contributed by atoms with Gasteiger partial charge in [-0.25, -0.2) is 0 Å². The molecule has 0 aromatic heterocycles. The van der Waals surface area contributed by atoms with Crippen molar-refractivity contribution in [3.05, 3.63) is 29.8 Å². The zero-order valence-electron chi connectivity index (χ0n) is 12.2. The van der Waals surface area contributed by atoms with Gasteiger partial charge in [0.2, 0.25) is 5.91 Å². The molecule has 0 aliphatic heterocycles. The Balaban J connectivity index is 2.69. The van der Waals surface area contributed by atoms with Crippen molar-refractivity contribution < 1.29 is 22.7 Å². The number of carbonyl (C=O) groups excluding carboxylic acids is 1. The Hall–Kier alpha value is -1.76. The van der Waals surface area contributed by atoms with Crippen LogP contribution in [0.1, 0.15) is 19.4 Å². The molecule has 1 N–H and O–H groups in total. The Morgan fingerprint density at radius 3 is 2.57 bits per heavy atom. The summed E-state index contributed by atoms with van der Waals surface area (Å²) in [5.41, 5.74) is 0.341. The van der Waals surface area contributed by atoms with Gasteiger partial charge in [0, 0.05) is 25.7 Å². The van der Waals surface area contributed by atoms with Gasteiger partial charge in [-0.15, -0.1) is 13.2 Å². The molecule has 1 unspecified atom stereocenters. The second-order valence-corrected chi connectivity index (χ2v) is 4.61. The fourth-order valence-electron chi connectivity index (χ4n) is 1.71. The third-order valence-corrected chi connectivity index (χ3v) is 3.02. The van der Waals surface area contributed by atoms with Crippen LogP contribution in [0.5, 0.6) is 5.75 Å².